The van der Waals surface area contributed by atoms with Crippen LogP contribution in [0.25, 0.3) is 27.8 Å². The number of halogens is 1. The van der Waals surface area contributed by atoms with Gasteiger partial charge in [-0.25, -0.2) is 13.9 Å². The van der Waals surface area contributed by atoms with Crippen molar-refractivity contribution in [3.8, 4) is 11.3 Å². The zero-order chi connectivity index (χ0) is 20.7. The summed E-state index contributed by atoms with van der Waals surface area (Å²) < 4.78 is 16.6. The molecule has 0 atom stereocenters. The molecule has 1 amide bonds. The number of hydrogen-bond acceptors (Lipinski definition) is 5. The number of aromatic nitrogens is 5. The maximum absolute atomic E-state index is 15.0. The molecule has 4 heterocycles. The number of anilines is 2. The molecule has 4 aromatic heterocycles. The van der Waals surface area contributed by atoms with E-state index in [1.54, 1.807) is 42.2 Å². The van der Waals surface area contributed by atoms with Crippen molar-refractivity contribution in [2.75, 3.05) is 17.7 Å². The highest BCUT2D eigenvalue weighted by Crippen LogP contribution is 2.30. The van der Waals surface area contributed by atoms with E-state index in [-0.39, 0.29) is 17.4 Å². The van der Waals surface area contributed by atoms with Crippen LogP contribution in [0, 0.1) is 5.82 Å². The predicted octanol–water partition coefficient (Wildman–Crippen LogP) is 3.71. The van der Waals surface area contributed by atoms with E-state index in [2.05, 4.69) is 30.9 Å². The van der Waals surface area contributed by atoms with Gasteiger partial charge in [0.2, 0.25) is 0 Å². The van der Waals surface area contributed by atoms with Crippen molar-refractivity contribution in [3.63, 3.8) is 0 Å². The van der Waals surface area contributed by atoms with Crippen LogP contribution >= 0.6 is 0 Å². The quantitative estimate of drug-likeness (QED) is 0.426. The van der Waals surface area contributed by atoms with Crippen molar-refractivity contribution in [1.82, 2.24) is 24.8 Å². The third kappa shape index (κ3) is 2.84. The molecule has 8 nitrogen and oxygen atoms in total. The molecule has 0 unspecified atom stereocenters. The second-order valence-electron chi connectivity index (χ2n) is 6.63. The Balaban J connectivity index is 1.54. The van der Waals surface area contributed by atoms with Gasteiger partial charge in [-0.2, -0.15) is 10.2 Å². The molecule has 5 aromatic rings. The van der Waals surface area contributed by atoms with Crippen LogP contribution in [-0.4, -0.2) is 37.8 Å². The first kappa shape index (κ1) is 17.8. The number of nitrogens with zero attached hydrogens (tertiary/aromatic N) is 4. The van der Waals surface area contributed by atoms with Gasteiger partial charge in [-0.15, -0.1) is 0 Å². The van der Waals surface area contributed by atoms with Crippen molar-refractivity contribution in [1.29, 1.82) is 0 Å². The van der Waals surface area contributed by atoms with Gasteiger partial charge < -0.3 is 10.6 Å². The molecule has 0 spiro atoms. The molecule has 0 fully saturated rings. The van der Waals surface area contributed by atoms with E-state index in [0.717, 1.165) is 5.52 Å². The average Bonchev–Trinajstić information content (AvgIpc) is 3.37. The fourth-order valence-electron chi connectivity index (χ4n) is 3.40. The second-order valence-corrected chi connectivity index (χ2v) is 6.63. The molecular weight excluding hydrogens is 385 g/mol. The van der Waals surface area contributed by atoms with E-state index in [1.807, 2.05) is 24.3 Å². The van der Waals surface area contributed by atoms with Gasteiger partial charge in [0.25, 0.3) is 5.91 Å². The highest BCUT2D eigenvalue weighted by Gasteiger charge is 2.19. The number of H-pyrrole nitrogens is 1. The van der Waals surface area contributed by atoms with Gasteiger partial charge in [0.1, 0.15) is 5.69 Å². The first-order valence-electron chi connectivity index (χ1n) is 9.21. The lowest BCUT2D eigenvalue weighted by Crippen LogP contribution is -2.14. The molecule has 3 N–H and O–H groups in total. The fraction of sp³-hybridized carbons (Fsp3) is 0.0476. The summed E-state index contributed by atoms with van der Waals surface area (Å²) in [6, 6.07) is 13.9. The van der Waals surface area contributed by atoms with E-state index in [0.29, 0.717) is 27.8 Å². The monoisotopic (exact) mass is 401 g/mol. The van der Waals surface area contributed by atoms with E-state index < -0.39 is 5.82 Å². The number of carbonyl (C=O) groups excluding carboxylic acids is 1. The Morgan fingerprint density at radius 2 is 2.00 bits per heavy atom. The molecular formula is C21H16FN7O. The topological polar surface area (TPSA) is 100 Å². The van der Waals surface area contributed by atoms with Crippen LogP contribution in [0.3, 0.4) is 0 Å². The third-order valence-electron chi connectivity index (χ3n) is 4.86. The zero-order valence-electron chi connectivity index (χ0n) is 15.8. The number of amides is 1. The maximum Gasteiger partial charge on any atom is 0.258 e. The predicted molar refractivity (Wildman–Crippen MR) is 112 cm³/mol. The summed E-state index contributed by atoms with van der Waals surface area (Å²) in [6.45, 7) is 0. The summed E-state index contributed by atoms with van der Waals surface area (Å²) in [7, 11) is 1.73. The fourth-order valence-corrected chi connectivity index (χ4v) is 3.40. The first-order valence-corrected chi connectivity index (χ1v) is 9.21. The van der Waals surface area contributed by atoms with E-state index >= 15 is 0 Å². The van der Waals surface area contributed by atoms with Crippen molar-refractivity contribution >= 4 is 34.0 Å². The van der Waals surface area contributed by atoms with Crippen LogP contribution in [0.15, 0.2) is 60.9 Å². The minimum Gasteiger partial charge on any atom is -0.387 e. The normalized spacial score (nSPS) is 11.1. The summed E-state index contributed by atoms with van der Waals surface area (Å²) in [5.74, 6) is -0.687. The molecule has 0 saturated carbocycles. The van der Waals surface area contributed by atoms with E-state index in [1.165, 1.54) is 6.07 Å². The Kier molecular flexibility index (Phi) is 4.13. The molecule has 30 heavy (non-hydrogen) atoms. The highest BCUT2D eigenvalue weighted by molar-refractivity contribution is 6.10. The summed E-state index contributed by atoms with van der Waals surface area (Å²) >= 11 is 0. The van der Waals surface area contributed by atoms with Gasteiger partial charge in [0, 0.05) is 24.5 Å². The molecule has 0 saturated heterocycles. The Bertz CT molecular complexity index is 1410. The second kappa shape index (κ2) is 6.96. The zero-order valence-corrected chi connectivity index (χ0v) is 15.8. The molecule has 9 heteroatoms. The molecule has 5 rings (SSSR count). The molecule has 0 bridgehead atoms. The van der Waals surface area contributed by atoms with Gasteiger partial charge in [0.05, 0.1) is 22.7 Å². The van der Waals surface area contributed by atoms with Crippen molar-refractivity contribution in [3.05, 3.63) is 72.3 Å². The lowest BCUT2D eigenvalue weighted by molar-refractivity contribution is 0.102. The van der Waals surface area contributed by atoms with Crippen LogP contribution in [0.2, 0.25) is 0 Å². The Morgan fingerprint density at radius 3 is 2.87 bits per heavy atom. The van der Waals surface area contributed by atoms with Crippen LogP contribution < -0.4 is 10.6 Å². The van der Waals surface area contributed by atoms with Gasteiger partial charge in [-0.3, -0.25) is 9.89 Å². The van der Waals surface area contributed by atoms with Gasteiger partial charge >= 0.3 is 0 Å². The molecule has 0 aliphatic rings. The largest absolute Gasteiger partial charge is 0.387 e. The number of hydrogen-bond donors (Lipinski definition) is 3. The van der Waals surface area contributed by atoms with Crippen LogP contribution in [0.4, 0.5) is 15.9 Å². The van der Waals surface area contributed by atoms with Crippen molar-refractivity contribution < 1.29 is 9.18 Å². The third-order valence-corrected chi connectivity index (χ3v) is 4.86. The van der Waals surface area contributed by atoms with Crippen molar-refractivity contribution in [2.24, 2.45) is 0 Å². The summed E-state index contributed by atoms with van der Waals surface area (Å²) in [6.07, 6.45) is 3.35. The van der Waals surface area contributed by atoms with E-state index in [9.17, 15) is 9.18 Å². The number of para-hydroxylation sites is 1. The van der Waals surface area contributed by atoms with E-state index in [4.69, 9.17) is 0 Å². The van der Waals surface area contributed by atoms with Crippen LogP contribution in [0.1, 0.15) is 10.4 Å². The molecule has 0 radical (unpaired) electrons. The van der Waals surface area contributed by atoms with Crippen LogP contribution in [-0.2, 0) is 0 Å². The summed E-state index contributed by atoms with van der Waals surface area (Å²) in [5.41, 5.74) is 2.95. The molecule has 1 aromatic carbocycles. The minimum absolute atomic E-state index is 0.158. The Labute approximate surface area is 169 Å². The average molecular weight is 401 g/mol. The SMILES string of the molecule is CNc1ccccc1C(=O)Nc1n[nH]c2nc(-c3cnn4ccccc34)c(F)cc12. The summed E-state index contributed by atoms with van der Waals surface area (Å²) in [4.78, 5) is 17.1. The molecule has 148 valence electrons. The Hall–Kier alpha value is -4.27. The standard InChI is InChI=1S/C21H16FN7O/c1-23-16-7-3-2-6-12(16)21(30)26-20-13-10-15(22)18(25-19(13)27-28-20)14-11-24-29-9-5-4-8-17(14)29/h2-11,23H,1H3,(H2,25,26,27,28,30). The van der Waals surface area contributed by atoms with Crippen LogP contribution in [0.5, 0.6) is 0 Å². The van der Waals surface area contributed by atoms with Gasteiger partial charge in [-0.05, 0) is 30.3 Å². The number of benzene rings is 1. The molecule has 0 aliphatic carbocycles. The lowest BCUT2D eigenvalue weighted by atomic mass is 10.1. The number of nitrogens with one attached hydrogen (secondary N) is 3. The molecule has 0 aliphatic heterocycles. The smallest absolute Gasteiger partial charge is 0.258 e. The summed E-state index contributed by atoms with van der Waals surface area (Å²) in [5, 5.41) is 17.2. The van der Waals surface area contributed by atoms with Gasteiger partial charge in [0.15, 0.2) is 17.3 Å². The number of pyridine rings is 2. The Morgan fingerprint density at radius 1 is 1.17 bits per heavy atom. The number of rotatable bonds is 4. The number of fused-ring (bicyclic) bond motifs is 2. The number of carbonyl (C=O) groups is 1. The maximum atomic E-state index is 15.0. The highest BCUT2D eigenvalue weighted by atomic mass is 19.1. The first-order chi connectivity index (χ1) is 14.7. The minimum atomic E-state index is -0.534. The lowest BCUT2D eigenvalue weighted by Gasteiger charge is -2.08. The van der Waals surface area contributed by atoms with Crippen molar-refractivity contribution in [2.45, 2.75) is 0 Å². The number of aromatic amines is 1. The van der Waals surface area contributed by atoms with Gasteiger partial charge in [-0.1, -0.05) is 18.2 Å².